The molecule has 0 saturated carbocycles. The van der Waals surface area contributed by atoms with Gasteiger partial charge in [0.05, 0.1) is 13.2 Å². The van der Waals surface area contributed by atoms with Crippen molar-refractivity contribution in [1.82, 2.24) is 0 Å². The van der Waals surface area contributed by atoms with Crippen LogP contribution in [0.1, 0.15) is 0 Å². The van der Waals surface area contributed by atoms with E-state index in [2.05, 4.69) is 29.2 Å². The number of morpholine rings is 1. The zero-order valence-electron chi connectivity index (χ0n) is 10.9. The maximum atomic E-state index is 9.55. The lowest BCUT2D eigenvalue weighted by atomic mass is 10.3. The van der Waals surface area contributed by atoms with E-state index in [9.17, 15) is 9.59 Å². The lowest BCUT2D eigenvalue weighted by Crippen LogP contribution is -2.36. The van der Waals surface area contributed by atoms with Crippen LogP contribution in [0.15, 0.2) is 42.5 Å². The first-order valence-electron chi connectivity index (χ1n) is 6.11. The van der Waals surface area contributed by atoms with Gasteiger partial charge < -0.3 is 19.8 Å². The molecule has 0 aliphatic carbocycles. The van der Waals surface area contributed by atoms with Crippen LogP contribution in [0.5, 0.6) is 0 Å². The van der Waals surface area contributed by atoms with Gasteiger partial charge in [-0.05, 0) is 12.1 Å². The number of para-hydroxylation sites is 1. The number of benzene rings is 1. The van der Waals surface area contributed by atoms with Crippen molar-refractivity contribution in [2.45, 2.75) is 0 Å². The highest BCUT2D eigenvalue weighted by atomic mass is 16.5. The van der Waals surface area contributed by atoms with Gasteiger partial charge in [0.25, 0.3) is 0 Å². The van der Waals surface area contributed by atoms with Gasteiger partial charge in [-0.3, -0.25) is 0 Å². The number of carbonyl (C=O) groups is 2. The van der Waals surface area contributed by atoms with Crippen LogP contribution in [0.25, 0.3) is 0 Å². The molecular formula is C14H17NO5. The summed E-state index contributed by atoms with van der Waals surface area (Å²) in [5.41, 5.74) is 1.31. The Balaban J connectivity index is 0.000000221. The highest BCUT2D eigenvalue weighted by Crippen LogP contribution is 2.13. The number of ether oxygens (including phenoxy) is 1. The predicted octanol–water partition coefficient (Wildman–Crippen LogP) is 1.24. The van der Waals surface area contributed by atoms with E-state index in [0.29, 0.717) is 12.2 Å². The van der Waals surface area contributed by atoms with Crippen molar-refractivity contribution >= 4 is 17.6 Å². The van der Waals surface area contributed by atoms with E-state index in [0.717, 1.165) is 26.3 Å². The molecular weight excluding hydrogens is 262 g/mol. The standard InChI is InChI=1S/C10H13NO.C4H4O4/c1-2-4-10(5-3-1)11-6-8-12-9-7-11;5-3(6)1-2-4(7)8/h1-5H,6-9H2;1-2H,(H,5,6)(H,7,8). The fraction of sp³-hybridized carbons (Fsp3) is 0.286. The number of nitrogens with zero attached hydrogens (tertiary/aromatic N) is 1. The quantitative estimate of drug-likeness (QED) is 0.809. The number of hydrogen-bond acceptors (Lipinski definition) is 4. The van der Waals surface area contributed by atoms with E-state index in [1.165, 1.54) is 5.69 Å². The van der Waals surface area contributed by atoms with Gasteiger partial charge in [-0.1, -0.05) is 18.2 Å². The molecule has 20 heavy (non-hydrogen) atoms. The predicted molar refractivity (Wildman–Crippen MR) is 73.9 cm³/mol. The second-order valence-corrected chi connectivity index (χ2v) is 3.94. The topological polar surface area (TPSA) is 87.1 Å². The summed E-state index contributed by atoms with van der Waals surface area (Å²) >= 11 is 0. The second-order valence-electron chi connectivity index (χ2n) is 3.94. The number of anilines is 1. The minimum Gasteiger partial charge on any atom is -0.478 e. The SMILES string of the molecule is O=C(O)C=CC(=O)O.c1ccc(N2CCOCC2)cc1. The van der Waals surface area contributed by atoms with Crippen molar-refractivity contribution in [2.75, 3.05) is 31.2 Å². The van der Waals surface area contributed by atoms with Gasteiger partial charge in [0.1, 0.15) is 0 Å². The molecule has 1 fully saturated rings. The lowest BCUT2D eigenvalue weighted by molar-refractivity contribution is -0.134. The van der Waals surface area contributed by atoms with E-state index >= 15 is 0 Å². The molecule has 108 valence electrons. The normalized spacial score (nSPS) is 14.5. The second kappa shape index (κ2) is 8.71. The smallest absolute Gasteiger partial charge is 0.328 e. The Morgan fingerprint density at radius 1 is 1.00 bits per heavy atom. The first-order valence-corrected chi connectivity index (χ1v) is 6.11. The van der Waals surface area contributed by atoms with Gasteiger partial charge in [0.15, 0.2) is 0 Å². The molecule has 0 atom stereocenters. The Morgan fingerprint density at radius 2 is 1.50 bits per heavy atom. The van der Waals surface area contributed by atoms with Crippen LogP contribution in [0.3, 0.4) is 0 Å². The van der Waals surface area contributed by atoms with E-state index in [1.54, 1.807) is 0 Å². The Kier molecular flexibility index (Phi) is 6.84. The summed E-state index contributed by atoms with van der Waals surface area (Å²) in [5.74, 6) is -2.51. The Hall–Kier alpha value is -2.34. The number of carboxylic acids is 2. The van der Waals surface area contributed by atoms with Crippen LogP contribution in [-0.2, 0) is 14.3 Å². The average molecular weight is 279 g/mol. The van der Waals surface area contributed by atoms with Gasteiger partial charge in [-0.15, -0.1) is 0 Å². The van der Waals surface area contributed by atoms with Gasteiger partial charge in [0, 0.05) is 30.9 Å². The molecule has 2 N–H and O–H groups in total. The van der Waals surface area contributed by atoms with Crippen LogP contribution in [0.2, 0.25) is 0 Å². The molecule has 1 aliphatic rings. The summed E-state index contributed by atoms with van der Waals surface area (Å²) < 4.78 is 5.28. The Morgan fingerprint density at radius 3 is 1.95 bits per heavy atom. The molecule has 1 aliphatic heterocycles. The van der Waals surface area contributed by atoms with Gasteiger partial charge >= 0.3 is 11.9 Å². The van der Waals surface area contributed by atoms with Crippen LogP contribution in [-0.4, -0.2) is 48.5 Å². The zero-order chi connectivity index (χ0) is 14.8. The largest absolute Gasteiger partial charge is 0.478 e. The molecule has 0 radical (unpaired) electrons. The lowest BCUT2D eigenvalue weighted by Gasteiger charge is -2.28. The molecule has 6 nitrogen and oxygen atoms in total. The van der Waals surface area contributed by atoms with Gasteiger partial charge in [0.2, 0.25) is 0 Å². The van der Waals surface area contributed by atoms with Gasteiger partial charge in [-0.25, -0.2) is 9.59 Å². The summed E-state index contributed by atoms with van der Waals surface area (Å²) in [4.78, 5) is 21.5. The van der Waals surface area contributed by atoms with E-state index in [1.807, 2.05) is 6.07 Å². The molecule has 0 bridgehead atoms. The Bertz CT molecular complexity index is 436. The fourth-order valence-corrected chi connectivity index (χ4v) is 1.60. The maximum absolute atomic E-state index is 9.55. The third-order valence-electron chi connectivity index (χ3n) is 2.50. The zero-order valence-corrected chi connectivity index (χ0v) is 10.9. The number of hydrogen-bond donors (Lipinski definition) is 2. The molecule has 0 spiro atoms. The van der Waals surface area contributed by atoms with Crippen LogP contribution in [0, 0.1) is 0 Å². The van der Waals surface area contributed by atoms with Crippen molar-refractivity contribution in [1.29, 1.82) is 0 Å². The van der Waals surface area contributed by atoms with Gasteiger partial charge in [-0.2, -0.15) is 0 Å². The highest BCUT2D eigenvalue weighted by molar-refractivity contribution is 5.89. The van der Waals surface area contributed by atoms with E-state index < -0.39 is 11.9 Å². The fourth-order valence-electron chi connectivity index (χ4n) is 1.60. The molecule has 1 saturated heterocycles. The van der Waals surface area contributed by atoms with Crippen LogP contribution in [0.4, 0.5) is 5.69 Å². The van der Waals surface area contributed by atoms with Crippen LogP contribution < -0.4 is 4.90 Å². The third kappa shape index (κ3) is 6.55. The first-order chi connectivity index (χ1) is 9.59. The van der Waals surface area contributed by atoms with E-state index in [4.69, 9.17) is 14.9 Å². The molecule has 2 rings (SSSR count). The number of carboxylic acid groups (broad SMARTS) is 2. The Labute approximate surface area is 116 Å². The minimum absolute atomic E-state index is 0.558. The molecule has 0 unspecified atom stereocenters. The number of aliphatic carboxylic acids is 2. The molecule has 6 heteroatoms. The minimum atomic E-state index is -1.26. The van der Waals surface area contributed by atoms with Crippen molar-refractivity contribution in [2.24, 2.45) is 0 Å². The van der Waals surface area contributed by atoms with E-state index in [-0.39, 0.29) is 0 Å². The maximum Gasteiger partial charge on any atom is 0.328 e. The summed E-state index contributed by atoms with van der Waals surface area (Å²) in [6.45, 7) is 3.75. The summed E-state index contributed by atoms with van der Waals surface area (Å²) in [6.07, 6.45) is 1.12. The molecule has 0 amide bonds. The molecule has 1 heterocycles. The first kappa shape index (κ1) is 15.7. The molecule has 1 aromatic rings. The summed E-state index contributed by atoms with van der Waals surface area (Å²) in [7, 11) is 0. The van der Waals surface area contributed by atoms with Crippen molar-refractivity contribution in [3.05, 3.63) is 42.5 Å². The van der Waals surface area contributed by atoms with Crippen molar-refractivity contribution < 1.29 is 24.5 Å². The number of rotatable bonds is 3. The summed E-state index contributed by atoms with van der Waals surface area (Å²) in [6, 6.07) is 10.5. The highest BCUT2D eigenvalue weighted by Gasteiger charge is 2.09. The molecule has 0 aromatic heterocycles. The summed E-state index contributed by atoms with van der Waals surface area (Å²) in [5, 5.41) is 15.6. The molecule has 1 aromatic carbocycles. The third-order valence-corrected chi connectivity index (χ3v) is 2.50. The monoisotopic (exact) mass is 279 g/mol. The van der Waals surface area contributed by atoms with Crippen LogP contribution >= 0.6 is 0 Å². The van der Waals surface area contributed by atoms with Crippen molar-refractivity contribution in [3.8, 4) is 0 Å². The average Bonchev–Trinajstić information content (AvgIpc) is 2.48. The van der Waals surface area contributed by atoms with Crippen molar-refractivity contribution in [3.63, 3.8) is 0 Å².